The number of carbonyl (C=O) groups excluding carboxylic acids is 2. The molecule has 4 aromatic rings. The Labute approximate surface area is 206 Å². The number of hydrogen-bond acceptors (Lipinski definition) is 8. The number of aromatic nitrogens is 2. The molecule has 0 unspecified atom stereocenters. The minimum absolute atomic E-state index is 0.0568. The van der Waals surface area contributed by atoms with E-state index in [9.17, 15) is 19.7 Å². The van der Waals surface area contributed by atoms with Crippen molar-refractivity contribution in [3.05, 3.63) is 88.3 Å². The van der Waals surface area contributed by atoms with E-state index in [4.69, 9.17) is 9.15 Å². The normalized spacial score (nSPS) is 11.9. The van der Waals surface area contributed by atoms with E-state index in [1.54, 1.807) is 0 Å². The zero-order valence-corrected chi connectivity index (χ0v) is 19.7. The first-order chi connectivity index (χ1) is 17.3. The lowest BCUT2D eigenvalue weighted by atomic mass is 10.0. The highest BCUT2D eigenvalue weighted by molar-refractivity contribution is 5.91. The van der Waals surface area contributed by atoms with Crippen molar-refractivity contribution in [1.82, 2.24) is 15.5 Å². The molecule has 1 N–H and O–H groups in total. The van der Waals surface area contributed by atoms with Crippen molar-refractivity contribution < 1.29 is 23.7 Å². The van der Waals surface area contributed by atoms with Gasteiger partial charge in [-0.05, 0) is 34.4 Å². The number of nitro benzene ring substituents is 1. The van der Waals surface area contributed by atoms with Gasteiger partial charge in [0.05, 0.1) is 11.3 Å². The van der Waals surface area contributed by atoms with E-state index in [1.807, 2.05) is 56.3 Å². The molecule has 184 valence electrons. The number of benzene rings is 3. The van der Waals surface area contributed by atoms with E-state index in [-0.39, 0.29) is 42.3 Å². The van der Waals surface area contributed by atoms with Gasteiger partial charge in [0.2, 0.25) is 11.8 Å². The topological polar surface area (TPSA) is 137 Å². The number of nitrogens with zero attached hydrogens (tertiary/aromatic N) is 3. The van der Waals surface area contributed by atoms with Gasteiger partial charge in [0.15, 0.2) is 6.61 Å². The standard InChI is InChI=1S/C26H24N4O6/c1-16(2)24(27-22(31)14-19-8-5-7-17-6-3-4-9-21(17)19)26(32)35-15-23-28-29-25(36-23)18-10-12-20(13-11-18)30(33)34/h3-13,16,24H,14-15H2,1-2H3,(H,27,31)/t24-/m0/s1. The molecule has 0 spiro atoms. The first kappa shape index (κ1) is 24.5. The predicted molar refractivity (Wildman–Crippen MR) is 131 cm³/mol. The summed E-state index contributed by atoms with van der Waals surface area (Å²) in [4.78, 5) is 35.8. The van der Waals surface area contributed by atoms with Gasteiger partial charge in [0.1, 0.15) is 6.04 Å². The number of nitrogens with one attached hydrogen (secondary N) is 1. The summed E-state index contributed by atoms with van der Waals surface area (Å²) in [6, 6.07) is 18.3. The Morgan fingerprint density at radius 2 is 1.75 bits per heavy atom. The molecule has 4 rings (SSSR count). The lowest BCUT2D eigenvalue weighted by Gasteiger charge is -2.20. The molecule has 0 aliphatic carbocycles. The molecule has 1 heterocycles. The number of fused-ring (bicyclic) bond motifs is 1. The third-order valence-electron chi connectivity index (χ3n) is 5.60. The Kier molecular flexibility index (Phi) is 7.33. The molecule has 0 radical (unpaired) electrons. The summed E-state index contributed by atoms with van der Waals surface area (Å²) in [6.45, 7) is 3.34. The van der Waals surface area contributed by atoms with Gasteiger partial charge in [-0.2, -0.15) is 0 Å². The predicted octanol–water partition coefficient (Wildman–Crippen LogP) is 4.22. The van der Waals surface area contributed by atoms with E-state index in [0.717, 1.165) is 16.3 Å². The number of carbonyl (C=O) groups is 2. The van der Waals surface area contributed by atoms with Crippen molar-refractivity contribution in [2.75, 3.05) is 0 Å². The maximum atomic E-state index is 12.8. The van der Waals surface area contributed by atoms with Crippen LogP contribution < -0.4 is 5.32 Å². The molecule has 36 heavy (non-hydrogen) atoms. The molecule has 1 aromatic heterocycles. The van der Waals surface area contributed by atoms with Gasteiger partial charge in [-0.15, -0.1) is 10.2 Å². The van der Waals surface area contributed by atoms with Gasteiger partial charge in [-0.25, -0.2) is 4.79 Å². The second kappa shape index (κ2) is 10.8. The molecule has 0 aliphatic rings. The molecule has 0 saturated carbocycles. The van der Waals surface area contributed by atoms with Crippen LogP contribution in [0.1, 0.15) is 25.3 Å². The summed E-state index contributed by atoms with van der Waals surface area (Å²) in [7, 11) is 0. The molecule has 0 aliphatic heterocycles. The van der Waals surface area contributed by atoms with Crippen LogP contribution in [-0.4, -0.2) is 33.0 Å². The fourth-order valence-corrected chi connectivity index (χ4v) is 3.72. The second-order valence-electron chi connectivity index (χ2n) is 8.52. The van der Waals surface area contributed by atoms with Crippen LogP contribution in [0, 0.1) is 16.0 Å². The molecule has 0 saturated heterocycles. The molecule has 10 nitrogen and oxygen atoms in total. The summed E-state index contributed by atoms with van der Waals surface area (Å²) >= 11 is 0. The van der Waals surface area contributed by atoms with Crippen LogP contribution in [-0.2, 0) is 27.4 Å². The minimum atomic E-state index is -0.857. The largest absolute Gasteiger partial charge is 0.454 e. The number of nitro groups is 1. The highest BCUT2D eigenvalue weighted by Crippen LogP contribution is 2.22. The molecule has 1 amide bonds. The number of amides is 1. The van der Waals surface area contributed by atoms with Crippen LogP contribution in [0.2, 0.25) is 0 Å². The highest BCUT2D eigenvalue weighted by atomic mass is 16.6. The van der Waals surface area contributed by atoms with Gasteiger partial charge in [0, 0.05) is 17.7 Å². The third-order valence-corrected chi connectivity index (χ3v) is 5.60. The maximum absolute atomic E-state index is 12.8. The van der Waals surface area contributed by atoms with Crippen LogP contribution >= 0.6 is 0 Å². The first-order valence-corrected chi connectivity index (χ1v) is 11.3. The number of rotatable bonds is 9. The number of esters is 1. The van der Waals surface area contributed by atoms with E-state index >= 15 is 0 Å². The van der Waals surface area contributed by atoms with Gasteiger partial charge < -0.3 is 14.5 Å². The Bertz CT molecular complexity index is 1390. The van der Waals surface area contributed by atoms with Crippen molar-refractivity contribution in [1.29, 1.82) is 0 Å². The molecule has 1 atom stereocenters. The van der Waals surface area contributed by atoms with Crippen molar-refractivity contribution in [2.24, 2.45) is 5.92 Å². The monoisotopic (exact) mass is 488 g/mol. The number of ether oxygens (including phenoxy) is 1. The Balaban J connectivity index is 1.36. The molecule has 0 fully saturated rings. The average Bonchev–Trinajstić information content (AvgIpc) is 3.35. The summed E-state index contributed by atoms with van der Waals surface area (Å²) in [5.74, 6) is -0.931. The lowest BCUT2D eigenvalue weighted by Crippen LogP contribution is -2.45. The summed E-state index contributed by atoms with van der Waals surface area (Å²) in [5.41, 5.74) is 1.30. The summed E-state index contributed by atoms with van der Waals surface area (Å²) in [5, 5.41) is 23.3. The SMILES string of the molecule is CC(C)[C@H](NC(=O)Cc1cccc2ccccc12)C(=O)OCc1nnc(-c2ccc([N+](=O)[O-])cc2)o1. The molecular formula is C26H24N4O6. The number of non-ortho nitro benzene ring substituents is 1. The fraction of sp³-hybridized carbons (Fsp3) is 0.231. The molecule has 10 heteroatoms. The molecular weight excluding hydrogens is 464 g/mol. The van der Waals surface area contributed by atoms with Gasteiger partial charge in [-0.1, -0.05) is 56.3 Å². The summed E-state index contributed by atoms with van der Waals surface area (Å²) < 4.78 is 10.8. The van der Waals surface area contributed by atoms with Crippen LogP contribution in [0.5, 0.6) is 0 Å². The van der Waals surface area contributed by atoms with Gasteiger partial charge >= 0.3 is 5.97 Å². The Hall–Kier alpha value is -4.60. The zero-order chi connectivity index (χ0) is 25.7. The van der Waals surface area contributed by atoms with Crippen LogP contribution in [0.3, 0.4) is 0 Å². The third kappa shape index (κ3) is 5.72. The maximum Gasteiger partial charge on any atom is 0.329 e. The summed E-state index contributed by atoms with van der Waals surface area (Å²) in [6.07, 6.45) is 0.125. The van der Waals surface area contributed by atoms with Crippen molar-refractivity contribution in [3.63, 3.8) is 0 Å². The first-order valence-electron chi connectivity index (χ1n) is 11.3. The van der Waals surface area contributed by atoms with E-state index < -0.39 is 16.9 Å². The Morgan fingerprint density at radius 1 is 1.03 bits per heavy atom. The molecule has 3 aromatic carbocycles. The smallest absolute Gasteiger partial charge is 0.329 e. The molecule has 0 bridgehead atoms. The number of hydrogen-bond donors (Lipinski definition) is 1. The quantitative estimate of drug-likeness (QED) is 0.210. The zero-order valence-electron chi connectivity index (χ0n) is 19.7. The van der Waals surface area contributed by atoms with Crippen molar-refractivity contribution >= 4 is 28.3 Å². The van der Waals surface area contributed by atoms with Crippen molar-refractivity contribution in [2.45, 2.75) is 32.9 Å². The van der Waals surface area contributed by atoms with Crippen LogP contribution in [0.25, 0.3) is 22.2 Å². The van der Waals surface area contributed by atoms with Crippen LogP contribution in [0.4, 0.5) is 5.69 Å². The van der Waals surface area contributed by atoms with E-state index in [0.29, 0.717) is 5.56 Å². The highest BCUT2D eigenvalue weighted by Gasteiger charge is 2.26. The fourth-order valence-electron chi connectivity index (χ4n) is 3.72. The van der Waals surface area contributed by atoms with Crippen LogP contribution in [0.15, 0.2) is 71.1 Å². The van der Waals surface area contributed by atoms with Crippen molar-refractivity contribution in [3.8, 4) is 11.5 Å². The Morgan fingerprint density at radius 3 is 2.47 bits per heavy atom. The second-order valence-corrected chi connectivity index (χ2v) is 8.52. The average molecular weight is 489 g/mol. The van der Waals surface area contributed by atoms with E-state index in [1.165, 1.54) is 24.3 Å². The van der Waals surface area contributed by atoms with E-state index in [2.05, 4.69) is 15.5 Å². The van der Waals surface area contributed by atoms with Gasteiger partial charge in [0.25, 0.3) is 11.6 Å². The van der Waals surface area contributed by atoms with Gasteiger partial charge in [-0.3, -0.25) is 14.9 Å². The minimum Gasteiger partial charge on any atom is -0.454 e. The lowest BCUT2D eigenvalue weighted by molar-refractivity contribution is -0.384.